The molecule has 0 radical (unpaired) electrons. The molecule has 3 N–H and O–H groups in total. The van der Waals surface area contributed by atoms with Crippen molar-refractivity contribution in [2.45, 2.75) is 63.9 Å². The maximum Gasteiger partial charge on any atom is 0.246 e. The van der Waals surface area contributed by atoms with Crippen molar-refractivity contribution in [3.8, 4) is 0 Å². The Bertz CT molecular complexity index is 929. The van der Waals surface area contributed by atoms with Gasteiger partial charge >= 0.3 is 0 Å². The SMILES string of the molecule is CC(C)NS(=O)(=O)c1ccc(NC(=O)C(C)Nc2ccc(C(C)(C)C)cc2)cc1. The maximum atomic E-state index is 12.5. The van der Waals surface area contributed by atoms with E-state index >= 15 is 0 Å². The Labute approximate surface area is 174 Å². The molecular weight excluding hydrogens is 386 g/mol. The molecule has 0 bridgehead atoms. The highest BCUT2D eigenvalue weighted by atomic mass is 32.2. The van der Waals surface area contributed by atoms with E-state index in [1.807, 2.05) is 12.1 Å². The number of benzene rings is 2. The molecule has 2 aromatic carbocycles. The van der Waals surface area contributed by atoms with Crippen LogP contribution in [0.3, 0.4) is 0 Å². The Kier molecular flexibility index (Phi) is 7.08. The molecule has 0 aliphatic carbocycles. The Morgan fingerprint density at radius 3 is 1.86 bits per heavy atom. The minimum absolute atomic E-state index is 0.0753. The second kappa shape index (κ2) is 8.97. The van der Waals surface area contributed by atoms with Gasteiger partial charge in [0.05, 0.1) is 4.90 Å². The zero-order valence-corrected chi connectivity index (χ0v) is 18.7. The molecule has 2 aromatic rings. The second-order valence-electron chi connectivity index (χ2n) is 8.48. The molecule has 1 atom stereocenters. The molecule has 29 heavy (non-hydrogen) atoms. The summed E-state index contributed by atoms with van der Waals surface area (Å²) in [5, 5.41) is 5.98. The first-order valence-corrected chi connectivity index (χ1v) is 11.2. The summed E-state index contributed by atoms with van der Waals surface area (Å²) in [6, 6.07) is 13.5. The summed E-state index contributed by atoms with van der Waals surface area (Å²) in [5.41, 5.74) is 2.70. The number of amides is 1. The van der Waals surface area contributed by atoms with Crippen molar-refractivity contribution >= 4 is 27.3 Å². The predicted octanol–water partition coefficient (Wildman–Crippen LogP) is 4.11. The highest BCUT2D eigenvalue weighted by molar-refractivity contribution is 7.89. The molecule has 1 unspecified atom stereocenters. The summed E-state index contributed by atoms with van der Waals surface area (Å²) in [6.45, 7) is 11.8. The lowest BCUT2D eigenvalue weighted by atomic mass is 9.87. The van der Waals surface area contributed by atoms with E-state index in [4.69, 9.17) is 0 Å². The monoisotopic (exact) mass is 417 g/mol. The van der Waals surface area contributed by atoms with Crippen LogP contribution in [0.25, 0.3) is 0 Å². The van der Waals surface area contributed by atoms with E-state index in [-0.39, 0.29) is 22.3 Å². The molecule has 6 nitrogen and oxygen atoms in total. The van der Waals surface area contributed by atoms with Crippen LogP contribution in [0.2, 0.25) is 0 Å². The van der Waals surface area contributed by atoms with Crippen LogP contribution in [0, 0.1) is 0 Å². The van der Waals surface area contributed by atoms with Gasteiger partial charge in [-0.3, -0.25) is 4.79 Å². The van der Waals surface area contributed by atoms with Crippen molar-refractivity contribution in [1.82, 2.24) is 4.72 Å². The fraction of sp³-hybridized carbons (Fsp3) is 0.409. The molecule has 0 aliphatic heterocycles. The van der Waals surface area contributed by atoms with E-state index in [1.54, 1.807) is 32.9 Å². The molecule has 0 spiro atoms. The van der Waals surface area contributed by atoms with Crippen LogP contribution in [0.4, 0.5) is 11.4 Å². The van der Waals surface area contributed by atoms with Crippen LogP contribution in [0.1, 0.15) is 47.1 Å². The zero-order chi connectivity index (χ0) is 21.8. The number of sulfonamides is 1. The average Bonchev–Trinajstić information content (AvgIpc) is 2.60. The largest absolute Gasteiger partial charge is 0.374 e. The fourth-order valence-electron chi connectivity index (χ4n) is 2.73. The van der Waals surface area contributed by atoms with Crippen molar-refractivity contribution in [3.63, 3.8) is 0 Å². The van der Waals surface area contributed by atoms with Crippen molar-refractivity contribution in [2.75, 3.05) is 10.6 Å². The second-order valence-corrected chi connectivity index (χ2v) is 10.2. The lowest BCUT2D eigenvalue weighted by Gasteiger charge is -2.20. The number of hydrogen-bond acceptors (Lipinski definition) is 4. The topological polar surface area (TPSA) is 87.3 Å². The predicted molar refractivity (Wildman–Crippen MR) is 119 cm³/mol. The first kappa shape index (κ1) is 22.9. The molecule has 0 fully saturated rings. The van der Waals surface area contributed by atoms with Gasteiger partial charge in [-0.25, -0.2) is 13.1 Å². The number of carbonyl (C=O) groups excluding carboxylic acids is 1. The molecule has 0 saturated carbocycles. The third-order valence-electron chi connectivity index (χ3n) is 4.35. The van der Waals surface area contributed by atoms with E-state index in [1.165, 1.54) is 17.7 Å². The van der Waals surface area contributed by atoms with Crippen LogP contribution in [0.5, 0.6) is 0 Å². The standard InChI is InChI=1S/C22H31N3O3S/c1-15(2)25-29(27,28)20-13-11-19(12-14-20)24-21(26)16(3)23-18-9-7-17(8-10-18)22(4,5)6/h7-16,23,25H,1-6H3,(H,24,26). The smallest absolute Gasteiger partial charge is 0.246 e. The van der Waals surface area contributed by atoms with Crippen LogP contribution in [0.15, 0.2) is 53.4 Å². The molecule has 1 amide bonds. The van der Waals surface area contributed by atoms with Gasteiger partial charge in [0.15, 0.2) is 0 Å². The van der Waals surface area contributed by atoms with Crippen LogP contribution in [-0.2, 0) is 20.2 Å². The quantitative estimate of drug-likeness (QED) is 0.633. The molecule has 0 aromatic heterocycles. The molecule has 7 heteroatoms. The first-order valence-electron chi connectivity index (χ1n) is 9.69. The van der Waals surface area contributed by atoms with Gasteiger partial charge in [-0.05, 0) is 68.1 Å². The summed E-state index contributed by atoms with van der Waals surface area (Å²) in [6.07, 6.45) is 0. The van der Waals surface area contributed by atoms with Crippen LogP contribution < -0.4 is 15.4 Å². The Balaban J connectivity index is 1.99. The molecule has 158 valence electrons. The average molecular weight is 418 g/mol. The normalized spacial score (nSPS) is 13.2. The lowest BCUT2D eigenvalue weighted by Crippen LogP contribution is -2.32. The number of nitrogens with one attached hydrogen (secondary N) is 3. The lowest BCUT2D eigenvalue weighted by molar-refractivity contribution is -0.116. The van der Waals surface area contributed by atoms with E-state index in [0.717, 1.165) is 5.69 Å². The summed E-state index contributed by atoms with van der Waals surface area (Å²) in [7, 11) is -3.55. The van der Waals surface area contributed by atoms with Gasteiger partial charge < -0.3 is 10.6 Å². The van der Waals surface area contributed by atoms with Crippen molar-refractivity contribution in [3.05, 3.63) is 54.1 Å². The summed E-state index contributed by atoms with van der Waals surface area (Å²) in [5.74, 6) is -0.208. The van der Waals surface area contributed by atoms with Crippen molar-refractivity contribution in [2.24, 2.45) is 0 Å². The molecule has 2 rings (SSSR count). The van der Waals surface area contributed by atoms with E-state index in [2.05, 4.69) is 48.3 Å². The molecular formula is C22H31N3O3S. The summed E-state index contributed by atoms with van der Waals surface area (Å²) in [4.78, 5) is 12.6. The molecule has 0 saturated heterocycles. The number of rotatable bonds is 7. The minimum atomic E-state index is -3.55. The van der Waals surface area contributed by atoms with Gasteiger partial charge in [-0.2, -0.15) is 0 Å². The van der Waals surface area contributed by atoms with Gasteiger partial charge in [0.2, 0.25) is 15.9 Å². The number of carbonyl (C=O) groups is 1. The van der Waals surface area contributed by atoms with Crippen LogP contribution in [-0.4, -0.2) is 26.4 Å². The highest BCUT2D eigenvalue weighted by Gasteiger charge is 2.17. The summed E-state index contributed by atoms with van der Waals surface area (Å²) < 4.78 is 26.9. The van der Waals surface area contributed by atoms with Crippen molar-refractivity contribution < 1.29 is 13.2 Å². The molecule has 0 heterocycles. The van der Waals surface area contributed by atoms with Crippen LogP contribution >= 0.6 is 0 Å². The van der Waals surface area contributed by atoms with E-state index in [0.29, 0.717) is 5.69 Å². The zero-order valence-electron chi connectivity index (χ0n) is 17.9. The third kappa shape index (κ3) is 6.58. The maximum absolute atomic E-state index is 12.5. The van der Waals surface area contributed by atoms with E-state index in [9.17, 15) is 13.2 Å². The minimum Gasteiger partial charge on any atom is -0.374 e. The number of anilines is 2. The van der Waals surface area contributed by atoms with Crippen molar-refractivity contribution in [1.29, 1.82) is 0 Å². The first-order chi connectivity index (χ1) is 13.4. The fourth-order valence-corrected chi connectivity index (χ4v) is 3.98. The highest BCUT2D eigenvalue weighted by Crippen LogP contribution is 2.23. The Morgan fingerprint density at radius 2 is 1.38 bits per heavy atom. The van der Waals surface area contributed by atoms with Gasteiger partial charge in [0.25, 0.3) is 0 Å². The molecule has 0 aliphatic rings. The number of hydrogen-bond donors (Lipinski definition) is 3. The Morgan fingerprint density at radius 1 is 0.862 bits per heavy atom. The third-order valence-corrected chi connectivity index (χ3v) is 6.02. The Hall–Kier alpha value is -2.38. The van der Waals surface area contributed by atoms with Gasteiger partial charge in [0, 0.05) is 17.4 Å². The summed E-state index contributed by atoms with van der Waals surface area (Å²) >= 11 is 0. The van der Waals surface area contributed by atoms with E-state index < -0.39 is 16.1 Å². The van der Waals surface area contributed by atoms with Gasteiger partial charge in [0.1, 0.15) is 6.04 Å². The van der Waals surface area contributed by atoms with Gasteiger partial charge in [-0.1, -0.05) is 32.9 Å². The van der Waals surface area contributed by atoms with Gasteiger partial charge in [-0.15, -0.1) is 0 Å².